The predicted molar refractivity (Wildman–Crippen MR) is 64.3 cm³/mol. The molecule has 0 saturated heterocycles. The van der Waals surface area contributed by atoms with Crippen LogP contribution in [0.15, 0.2) is 27.9 Å². The third kappa shape index (κ3) is 4.98. The average Bonchev–Trinajstić information content (AvgIpc) is 2.70. The van der Waals surface area contributed by atoms with Gasteiger partial charge in [0.25, 0.3) is 10.0 Å². The van der Waals surface area contributed by atoms with Crippen molar-refractivity contribution in [2.45, 2.75) is 18.4 Å². The summed E-state index contributed by atoms with van der Waals surface area (Å²) in [7, 11) is -3.46. The largest absolute Gasteiger partial charge is 0.452 e. The molecule has 0 saturated carbocycles. The van der Waals surface area contributed by atoms with Gasteiger partial charge in [-0.1, -0.05) is 6.92 Å². The predicted octanol–water partition coefficient (Wildman–Crippen LogP) is 0.979. The lowest BCUT2D eigenvalue weighted by atomic mass is 10.5. The average molecular weight is 269 g/mol. The molecular weight excluding hydrogens is 252 g/mol. The molecule has 2 N–H and O–H groups in total. The Balaban J connectivity index is 0.00000225. The van der Waals surface area contributed by atoms with Crippen molar-refractivity contribution < 1.29 is 12.8 Å². The first-order valence-corrected chi connectivity index (χ1v) is 6.39. The summed E-state index contributed by atoms with van der Waals surface area (Å²) in [6, 6.07) is 2.96. The first-order valence-electron chi connectivity index (χ1n) is 4.90. The van der Waals surface area contributed by atoms with E-state index in [0.717, 1.165) is 13.0 Å². The van der Waals surface area contributed by atoms with Crippen molar-refractivity contribution in [3.05, 3.63) is 18.4 Å². The molecule has 1 aromatic heterocycles. The summed E-state index contributed by atoms with van der Waals surface area (Å²) in [5, 5.41) is 3.05. The number of hydrogen-bond acceptors (Lipinski definition) is 4. The fourth-order valence-electron chi connectivity index (χ4n) is 1.06. The highest BCUT2D eigenvalue weighted by Gasteiger charge is 2.15. The van der Waals surface area contributed by atoms with Crippen molar-refractivity contribution in [1.29, 1.82) is 0 Å². The molecule has 94 valence electrons. The van der Waals surface area contributed by atoms with Gasteiger partial charge in [-0.2, -0.15) is 0 Å². The molecule has 0 spiro atoms. The molecule has 0 radical (unpaired) electrons. The second-order valence-electron chi connectivity index (χ2n) is 3.08. The fraction of sp³-hybridized carbons (Fsp3) is 0.556. The van der Waals surface area contributed by atoms with Crippen LogP contribution in [0.2, 0.25) is 0 Å². The van der Waals surface area contributed by atoms with Gasteiger partial charge in [-0.15, -0.1) is 12.4 Å². The van der Waals surface area contributed by atoms with Crippen LogP contribution in [0.3, 0.4) is 0 Å². The van der Waals surface area contributed by atoms with Gasteiger partial charge in [0.1, 0.15) is 0 Å². The van der Waals surface area contributed by atoms with Crippen molar-refractivity contribution >= 4 is 22.4 Å². The summed E-state index contributed by atoms with van der Waals surface area (Å²) in [6.07, 6.45) is 2.37. The first kappa shape index (κ1) is 15.4. The zero-order valence-corrected chi connectivity index (χ0v) is 10.7. The monoisotopic (exact) mass is 268 g/mol. The van der Waals surface area contributed by atoms with Crippen molar-refractivity contribution in [1.82, 2.24) is 10.0 Å². The Morgan fingerprint density at radius 3 is 2.62 bits per heavy atom. The smallest absolute Gasteiger partial charge is 0.273 e. The van der Waals surface area contributed by atoms with Crippen LogP contribution >= 0.6 is 12.4 Å². The molecule has 1 heterocycles. The number of nitrogens with one attached hydrogen (secondary N) is 2. The molecule has 0 aliphatic carbocycles. The van der Waals surface area contributed by atoms with Crippen LogP contribution in [0, 0.1) is 0 Å². The number of sulfonamides is 1. The third-order valence-corrected chi connectivity index (χ3v) is 3.13. The number of halogens is 1. The van der Waals surface area contributed by atoms with Crippen molar-refractivity contribution in [2.24, 2.45) is 0 Å². The lowest BCUT2D eigenvalue weighted by molar-refractivity contribution is 0.445. The lowest BCUT2D eigenvalue weighted by Gasteiger charge is -2.04. The molecule has 1 aromatic rings. The maximum Gasteiger partial charge on any atom is 0.273 e. The molecule has 0 aromatic carbocycles. The maximum atomic E-state index is 11.5. The zero-order chi connectivity index (χ0) is 11.1. The van der Waals surface area contributed by atoms with E-state index in [4.69, 9.17) is 4.42 Å². The van der Waals surface area contributed by atoms with Gasteiger partial charge < -0.3 is 9.73 Å². The van der Waals surface area contributed by atoms with Crippen LogP contribution in [0.4, 0.5) is 0 Å². The molecule has 5 nitrogen and oxygen atoms in total. The number of furan rings is 1. The first-order chi connectivity index (χ1) is 7.17. The van der Waals surface area contributed by atoms with Crippen molar-refractivity contribution in [2.75, 3.05) is 19.6 Å². The summed E-state index contributed by atoms with van der Waals surface area (Å²) >= 11 is 0. The standard InChI is InChI=1S/C9H16N2O3S.ClH/c1-2-5-10-6-7-11-15(12,13)9-4-3-8-14-9;/h3-4,8,10-11H,2,5-7H2,1H3;1H. The Morgan fingerprint density at radius 2 is 2.06 bits per heavy atom. The van der Waals surface area contributed by atoms with Gasteiger partial charge in [-0.25, -0.2) is 13.1 Å². The van der Waals surface area contributed by atoms with E-state index >= 15 is 0 Å². The second kappa shape index (κ2) is 7.67. The molecule has 0 bridgehead atoms. The molecule has 1 rings (SSSR count). The van der Waals surface area contributed by atoms with E-state index in [9.17, 15) is 8.42 Å². The van der Waals surface area contributed by atoms with Crippen LogP contribution in [-0.4, -0.2) is 28.1 Å². The summed E-state index contributed by atoms with van der Waals surface area (Å²) < 4.78 is 30.2. The fourth-order valence-corrected chi connectivity index (χ4v) is 2.02. The minimum atomic E-state index is -3.46. The molecule has 16 heavy (non-hydrogen) atoms. The van der Waals surface area contributed by atoms with Crippen LogP contribution in [0.1, 0.15) is 13.3 Å². The highest BCUT2D eigenvalue weighted by Crippen LogP contribution is 2.07. The molecule has 0 fully saturated rings. The van der Waals surface area contributed by atoms with Gasteiger partial charge in [-0.3, -0.25) is 0 Å². The Labute approximate surface area is 102 Å². The minimum absolute atomic E-state index is 0. The van der Waals surface area contributed by atoms with Gasteiger partial charge in [-0.05, 0) is 25.1 Å². The number of hydrogen-bond donors (Lipinski definition) is 2. The molecule has 0 atom stereocenters. The van der Waals surface area contributed by atoms with Gasteiger partial charge >= 0.3 is 0 Å². The van der Waals surface area contributed by atoms with Gasteiger partial charge in [0, 0.05) is 13.1 Å². The van der Waals surface area contributed by atoms with Crippen LogP contribution in [0.5, 0.6) is 0 Å². The van der Waals surface area contributed by atoms with Crippen LogP contribution < -0.4 is 10.0 Å². The highest BCUT2D eigenvalue weighted by atomic mass is 35.5. The second-order valence-corrected chi connectivity index (χ2v) is 4.78. The molecule has 0 unspecified atom stereocenters. The van der Waals surface area contributed by atoms with Gasteiger partial charge in [0.15, 0.2) is 0 Å². The van der Waals surface area contributed by atoms with E-state index < -0.39 is 10.0 Å². The van der Waals surface area contributed by atoms with Gasteiger partial charge in [0.2, 0.25) is 5.09 Å². The quantitative estimate of drug-likeness (QED) is 0.723. The van der Waals surface area contributed by atoms with E-state index in [1.807, 2.05) is 0 Å². The molecule has 0 aliphatic heterocycles. The molecule has 0 amide bonds. The summed E-state index contributed by atoms with van der Waals surface area (Å²) in [6.45, 7) is 3.93. The summed E-state index contributed by atoms with van der Waals surface area (Å²) in [5.41, 5.74) is 0. The molecular formula is C9H17ClN2O3S. The van der Waals surface area contributed by atoms with E-state index in [-0.39, 0.29) is 17.5 Å². The van der Waals surface area contributed by atoms with E-state index in [1.165, 1.54) is 12.3 Å². The van der Waals surface area contributed by atoms with E-state index in [2.05, 4.69) is 17.0 Å². The maximum absolute atomic E-state index is 11.5. The Bertz CT molecular complexity index is 364. The zero-order valence-electron chi connectivity index (χ0n) is 9.10. The van der Waals surface area contributed by atoms with Crippen LogP contribution in [0.25, 0.3) is 0 Å². The Morgan fingerprint density at radius 1 is 1.31 bits per heavy atom. The SMILES string of the molecule is CCCNCCNS(=O)(=O)c1ccco1.Cl. The normalized spacial score (nSPS) is 11.1. The Kier molecular flexibility index (Phi) is 7.40. The highest BCUT2D eigenvalue weighted by molar-refractivity contribution is 7.89. The van der Waals surface area contributed by atoms with Crippen LogP contribution in [-0.2, 0) is 10.0 Å². The topological polar surface area (TPSA) is 71.3 Å². The van der Waals surface area contributed by atoms with E-state index in [1.54, 1.807) is 6.07 Å². The summed E-state index contributed by atoms with van der Waals surface area (Å²) in [4.78, 5) is 0. The number of rotatable bonds is 7. The van der Waals surface area contributed by atoms with Crippen molar-refractivity contribution in [3.8, 4) is 0 Å². The van der Waals surface area contributed by atoms with Gasteiger partial charge in [0.05, 0.1) is 6.26 Å². The lowest BCUT2D eigenvalue weighted by Crippen LogP contribution is -2.31. The minimum Gasteiger partial charge on any atom is -0.452 e. The molecule has 0 aliphatic rings. The third-order valence-electron chi connectivity index (χ3n) is 1.78. The summed E-state index contributed by atoms with van der Waals surface area (Å²) in [5.74, 6) is 0. The molecule has 7 heteroatoms. The van der Waals surface area contributed by atoms with E-state index in [0.29, 0.717) is 13.1 Å². The Hall–Kier alpha value is -0.560. The van der Waals surface area contributed by atoms with Crippen molar-refractivity contribution in [3.63, 3.8) is 0 Å².